The quantitative estimate of drug-likeness (QED) is 0.236. The number of aryl methyl sites for hydroxylation is 1. The standard InChI is InChI=1S/C18H18I2O6S/c1-8(2)11-6-14(9(3)5-15(11)27(23,24)25)26-18(22)16-10(4)12(19)7-13(20)17(16)21/h5-8,21H,1-4H3,(H,23,24,25)/p-1. The lowest BCUT2D eigenvalue weighted by molar-refractivity contribution is 0.0729. The van der Waals surface area contributed by atoms with Crippen LogP contribution in [-0.2, 0) is 10.1 Å². The number of benzene rings is 2. The van der Waals surface area contributed by atoms with Gasteiger partial charge in [0.25, 0.3) is 0 Å². The summed E-state index contributed by atoms with van der Waals surface area (Å²) in [6.07, 6.45) is 0. The second kappa shape index (κ2) is 8.21. The summed E-state index contributed by atoms with van der Waals surface area (Å²) in [5.41, 5.74) is 1.24. The fourth-order valence-electron chi connectivity index (χ4n) is 2.56. The van der Waals surface area contributed by atoms with Gasteiger partial charge in [-0.25, -0.2) is 13.2 Å². The van der Waals surface area contributed by atoms with Crippen molar-refractivity contribution in [1.82, 2.24) is 0 Å². The predicted molar refractivity (Wildman–Crippen MR) is 116 cm³/mol. The van der Waals surface area contributed by atoms with E-state index in [2.05, 4.69) is 22.6 Å². The number of halogens is 2. The third-order valence-electron chi connectivity index (χ3n) is 4.06. The molecule has 0 amide bonds. The van der Waals surface area contributed by atoms with Crippen LogP contribution in [0.1, 0.15) is 46.8 Å². The van der Waals surface area contributed by atoms with Crippen LogP contribution in [0.25, 0.3) is 0 Å². The van der Waals surface area contributed by atoms with Gasteiger partial charge in [0.2, 0.25) is 0 Å². The first kappa shape index (κ1) is 22.4. The minimum absolute atomic E-state index is 0.0531. The van der Waals surface area contributed by atoms with Gasteiger partial charge in [0.1, 0.15) is 27.2 Å². The van der Waals surface area contributed by atoms with Crippen LogP contribution in [0.5, 0.6) is 11.5 Å². The van der Waals surface area contributed by atoms with E-state index in [1.54, 1.807) is 33.8 Å². The van der Waals surface area contributed by atoms with Gasteiger partial charge in [-0.05, 0) is 99.8 Å². The summed E-state index contributed by atoms with van der Waals surface area (Å²) in [4.78, 5) is 12.4. The highest BCUT2D eigenvalue weighted by atomic mass is 127. The summed E-state index contributed by atoms with van der Waals surface area (Å²) in [5, 5.41) is 10.3. The average molecular weight is 615 g/mol. The van der Waals surface area contributed by atoms with E-state index in [0.717, 1.165) is 3.57 Å². The number of carbonyl (C=O) groups excluding carboxylic acids is 1. The van der Waals surface area contributed by atoms with E-state index < -0.39 is 16.1 Å². The van der Waals surface area contributed by atoms with Crippen LogP contribution in [0.15, 0.2) is 23.1 Å². The van der Waals surface area contributed by atoms with Crippen molar-refractivity contribution in [3.63, 3.8) is 0 Å². The molecule has 0 spiro atoms. The third kappa shape index (κ3) is 4.74. The first-order valence-corrected chi connectivity index (χ1v) is 11.4. The molecule has 1 N–H and O–H groups in total. The Kier molecular flexibility index (Phi) is 6.80. The van der Waals surface area contributed by atoms with Crippen molar-refractivity contribution in [2.24, 2.45) is 0 Å². The number of phenols is 1. The minimum Gasteiger partial charge on any atom is -0.744 e. The normalized spacial score (nSPS) is 11.7. The Balaban J connectivity index is 2.56. The summed E-state index contributed by atoms with van der Waals surface area (Å²) in [5.74, 6) is -1.05. The molecule has 0 heterocycles. The maximum absolute atomic E-state index is 12.7. The van der Waals surface area contributed by atoms with Crippen molar-refractivity contribution in [3.8, 4) is 11.5 Å². The van der Waals surface area contributed by atoms with Crippen molar-refractivity contribution < 1.29 is 27.6 Å². The topological polar surface area (TPSA) is 104 Å². The fraction of sp³-hybridized carbons (Fsp3) is 0.278. The lowest BCUT2D eigenvalue weighted by atomic mass is 10.0. The zero-order valence-corrected chi connectivity index (χ0v) is 20.1. The summed E-state index contributed by atoms with van der Waals surface area (Å²) >= 11 is 3.99. The summed E-state index contributed by atoms with van der Waals surface area (Å²) < 4.78 is 41.4. The van der Waals surface area contributed by atoms with E-state index in [0.29, 0.717) is 14.7 Å². The highest BCUT2D eigenvalue weighted by Crippen LogP contribution is 2.34. The molecule has 27 heavy (non-hydrogen) atoms. The van der Waals surface area contributed by atoms with Crippen molar-refractivity contribution in [2.75, 3.05) is 0 Å². The number of rotatable bonds is 4. The zero-order chi connectivity index (χ0) is 20.7. The molecule has 0 saturated carbocycles. The van der Waals surface area contributed by atoms with E-state index in [1.165, 1.54) is 12.1 Å². The van der Waals surface area contributed by atoms with Crippen LogP contribution in [0, 0.1) is 21.0 Å². The first-order chi connectivity index (χ1) is 12.3. The molecule has 0 unspecified atom stereocenters. The fourth-order valence-corrected chi connectivity index (χ4v) is 5.22. The van der Waals surface area contributed by atoms with Crippen molar-refractivity contribution in [3.05, 3.63) is 47.6 Å². The molecule has 0 aliphatic rings. The smallest absolute Gasteiger partial charge is 0.347 e. The molecule has 2 rings (SSSR count). The summed E-state index contributed by atoms with van der Waals surface area (Å²) in [6, 6.07) is 4.36. The third-order valence-corrected chi connectivity index (χ3v) is 6.89. The van der Waals surface area contributed by atoms with E-state index in [9.17, 15) is 22.9 Å². The highest BCUT2D eigenvalue weighted by Gasteiger charge is 2.23. The Bertz CT molecular complexity index is 1000. The van der Waals surface area contributed by atoms with Crippen molar-refractivity contribution in [1.29, 1.82) is 0 Å². The Labute approximate surface area is 185 Å². The molecular weight excluding hydrogens is 598 g/mol. The van der Waals surface area contributed by atoms with E-state index >= 15 is 0 Å². The molecule has 0 radical (unpaired) electrons. The average Bonchev–Trinajstić information content (AvgIpc) is 2.53. The Morgan fingerprint density at radius 3 is 2.26 bits per heavy atom. The van der Waals surface area contributed by atoms with Crippen LogP contribution in [-0.4, -0.2) is 24.0 Å². The molecule has 0 aliphatic carbocycles. The molecule has 0 aliphatic heterocycles. The molecule has 9 heteroatoms. The molecule has 2 aromatic rings. The molecule has 0 saturated heterocycles. The summed E-state index contributed by atoms with van der Waals surface area (Å²) in [6.45, 7) is 6.73. The van der Waals surface area contributed by atoms with Gasteiger partial charge in [0.15, 0.2) is 0 Å². The number of ether oxygens (including phenoxy) is 1. The van der Waals surface area contributed by atoms with Gasteiger partial charge in [-0.2, -0.15) is 0 Å². The molecule has 0 aromatic heterocycles. The molecule has 0 fully saturated rings. The second-order valence-electron chi connectivity index (χ2n) is 6.34. The van der Waals surface area contributed by atoms with E-state index in [4.69, 9.17) is 4.74 Å². The number of esters is 1. The number of hydrogen-bond donors (Lipinski definition) is 1. The van der Waals surface area contributed by atoms with Gasteiger partial charge in [-0.15, -0.1) is 0 Å². The predicted octanol–water partition coefficient (Wildman–Crippen LogP) is 4.46. The Morgan fingerprint density at radius 2 is 1.74 bits per heavy atom. The molecule has 0 atom stereocenters. The van der Waals surface area contributed by atoms with Crippen LogP contribution >= 0.6 is 45.2 Å². The number of hydrogen-bond acceptors (Lipinski definition) is 6. The highest BCUT2D eigenvalue weighted by molar-refractivity contribution is 14.1. The summed E-state index contributed by atoms with van der Waals surface area (Å²) in [7, 11) is -4.66. The van der Waals surface area contributed by atoms with E-state index in [1.807, 2.05) is 22.6 Å². The SMILES string of the molecule is Cc1cc(S(=O)(=O)[O-])c(C(C)C)cc1OC(=O)c1c(C)c(I)cc(I)c1O. The number of carbonyl (C=O) groups is 1. The first-order valence-electron chi connectivity index (χ1n) is 7.84. The molecule has 6 nitrogen and oxygen atoms in total. The van der Waals surface area contributed by atoms with Gasteiger partial charge in [-0.3, -0.25) is 0 Å². The number of aromatic hydroxyl groups is 1. The number of phenolic OH excluding ortho intramolecular Hbond substituents is 1. The van der Waals surface area contributed by atoms with Gasteiger partial charge < -0.3 is 14.4 Å². The van der Waals surface area contributed by atoms with Crippen LogP contribution in [0.3, 0.4) is 0 Å². The van der Waals surface area contributed by atoms with Crippen LogP contribution in [0.2, 0.25) is 0 Å². The van der Waals surface area contributed by atoms with Gasteiger partial charge in [0.05, 0.1) is 8.47 Å². The maximum atomic E-state index is 12.7. The van der Waals surface area contributed by atoms with Crippen molar-refractivity contribution >= 4 is 61.3 Å². The lowest BCUT2D eigenvalue weighted by Gasteiger charge is -2.19. The Hall–Kier alpha value is -0.920. The second-order valence-corrected chi connectivity index (χ2v) is 10.0. The molecular formula is C18H17I2O6S-. The van der Waals surface area contributed by atoms with Gasteiger partial charge in [-0.1, -0.05) is 13.8 Å². The van der Waals surface area contributed by atoms with Crippen LogP contribution in [0.4, 0.5) is 0 Å². The molecule has 0 bridgehead atoms. The molecule has 2 aromatic carbocycles. The minimum atomic E-state index is -4.66. The van der Waals surface area contributed by atoms with Gasteiger partial charge in [0, 0.05) is 3.57 Å². The van der Waals surface area contributed by atoms with Crippen LogP contribution < -0.4 is 4.74 Å². The largest absolute Gasteiger partial charge is 0.744 e. The van der Waals surface area contributed by atoms with Crippen molar-refractivity contribution in [2.45, 2.75) is 38.5 Å². The lowest BCUT2D eigenvalue weighted by Crippen LogP contribution is -2.14. The van der Waals surface area contributed by atoms with Gasteiger partial charge >= 0.3 is 5.97 Å². The Morgan fingerprint density at radius 1 is 1.15 bits per heavy atom. The zero-order valence-electron chi connectivity index (χ0n) is 15.0. The van der Waals surface area contributed by atoms with E-state index in [-0.39, 0.29) is 33.4 Å². The maximum Gasteiger partial charge on any atom is 0.347 e. The monoisotopic (exact) mass is 615 g/mol. The molecule has 146 valence electrons.